The number of ether oxygens (including phenoxy) is 3. The number of hydrogen-bond donors (Lipinski definition) is 1. The highest BCUT2D eigenvalue weighted by Gasteiger charge is 2.18. The van der Waals surface area contributed by atoms with Crippen molar-refractivity contribution in [2.24, 2.45) is 0 Å². The van der Waals surface area contributed by atoms with Gasteiger partial charge in [-0.3, -0.25) is 4.79 Å². The Labute approximate surface area is 153 Å². The van der Waals surface area contributed by atoms with Gasteiger partial charge < -0.3 is 19.5 Å². The lowest BCUT2D eigenvalue weighted by atomic mass is 10.2. The van der Waals surface area contributed by atoms with Crippen molar-refractivity contribution in [2.75, 3.05) is 13.7 Å². The maximum atomic E-state index is 12.2. The third kappa shape index (κ3) is 6.82. The van der Waals surface area contributed by atoms with Crippen molar-refractivity contribution in [2.45, 2.75) is 52.7 Å². The Morgan fingerprint density at radius 3 is 2.48 bits per heavy atom. The summed E-state index contributed by atoms with van der Waals surface area (Å²) >= 11 is 6.18. The van der Waals surface area contributed by atoms with Crippen molar-refractivity contribution in [1.82, 2.24) is 5.32 Å². The summed E-state index contributed by atoms with van der Waals surface area (Å²) < 4.78 is 15.9. The molecule has 0 aromatic heterocycles. The molecule has 0 aliphatic carbocycles. The quantitative estimate of drug-likeness (QED) is 0.671. The number of amides is 1. The van der Waals surface area contributed by atoms with Crippen LogP contribution in [0.1, 0.15) is 50.9 Å². The van der Waals surface area contributed by atoms with Crippen LogP contribution in [0.25, 0.3) is 0 Å². The van der Waals surface area contributed by atoms with Crippen molar-refractivity contribution in [3.05, 3.63) is 22.7 Å². The lowest BCUT2D eigenvalue weighted by Gasteiger charge is -2.16. The maximum Gasteiger partial charge on any atom is 0.338 e. The van der Waals surface area contributed by atoms with E-state index in [1.807, 2.05) is 27.7 Å². The fourth-order valence-corrected chi connectivity index (χ4v) is 2.48. The topological polar surface area (TPSA) is 73.9 Å². The Hall–Kier alpha value is -1.95. The zero-order chi connectivity index (χ0) is 19.0. The fourth-order valence-electron chi connectivity index (χ4n) is 2.22. The SMILES string of the molecule is CCC[C@H](C)NC(=O)COC(=O)c1cc(Cl)c(OC(C)C)c(OC)c1. The summed E-state index contributed by atoms with van der Waals surface area (Å²) in [6, 6.07) is 2.95. The lowest BCUT2D eigenvalue weighted by Crippen LogP contribution is -2.35. The van der Waals surface area contributed by atoms with Crippen LogP contribution >= 0.6 is 11.6 Å². The Bertz CT molecular complexity index is 603. The van der Waals surface area contributed by atoms with Crippen LogP contribution in [-0.4, -0.2) is 37.7 Å². The van der Waals surface area contributed by atoms with Crippen molar-refractivity contribution < 1.29 is 23.8 Å². The molecule has 0 radical (unpaired) electrons. The van der Waals surface area contributed by atoms with E-state index in [1.165, 1.54) is 19.2 Å². The summed E-state index contributed by atoms with van der Waals surface area (Å²) in [4.78, 5) is 23.9. The number of methoxy groups -OCH3 is 1. The van der Waals surface area contributed by atoms with E-state index in [9.17, 15) is 9.59 Å². The Kier molecular flexibility index (Phi) is 8.55. The predicted octanol–water partition coefficient (Wildman–Crippen LogP) is 3.60. The van der Waals surface area contributed by atoms with Crippen molar-refractivity contribution in [3.8, 4) is 11.5 Å². The zero-order valence-electron chi connectivity index (χ0n) is 15.3. The molecule has 1 aromatic carbocycles. The third-order valence-corrected chi connectivity index (χ3v) is 3.56. The fraction of sp³-hybridized carbons (Fsp3) is 0.556. The van der Waals surface area contributed by atoms with Crippen LogP contribution in [0.15, 0.2) is 12.1 Å². The largest absolute Gasteiger partial charge is 0.493 e. The standard InChI is InChI=1S/C18H26ClNO5/c1-6-7-12(4)20-16(21)10-24-18(22)13-8-14(19)17(25-11(2)3)15(9-13)23-5/h8-9,11-12H,6-7,10H2,1-5H3,(H,20,21)/t12-/m0/s1. The average molecular weight is 372 g/mol. The number of halogens is 1. The molecule has 0 unspecified atom stereocenters. The van der Waals surface area contributed by atoms with Gasteiger partial charge in [-0.05, 0) is 39.3 Å². The predicted molar refractivity (Wildman–Crippen MR) is 96.6 cm³/mol. The van der Waals surface area contributed by atoms with E-state index < -0.39 is 5.97 Å². The van der Waals surface area contributed by atoms with Crippen LogP contribution in [0.4, 0.5) is 0 Å². The number of rotatable bonds is 9. The highest BCUT2D eigenvalue weighted by molar-refractivity contribution is 6.32. The first kappa shape index (κ1) is 21.1. The van der Waals surface area contributed by atoms with Gasteiger partial charge >= 0.3 is 5.97 Å². The minimum atomic E-state index is -0.658. The Morgan fingerprint density at radius 1 is 1.24 bits per heavy atom. The summed E-state index contributed by atoms with van der Waals surface area (Å²) in [7, 11) is 1.45. The molecular weight excluding hydrogens is 346 g/mol. The molecule has 1 N–H and O–H groups in total. The number of hydrogen-bond acceptors (Lipinski definition) is 5. The normalized spacial score (nSPS) is 11.8. The van der Waals surface area contributed by atoms with E-state index in [4.69, 9.17) is 25.8 Å². The number of benzene rings is 1. The minimum Gasteiger partial charge on any atom is -0.493 e. The van der Waals surface area contributed by atoms with Crippen molar-refractivity contribution in [1.29, 1.82) is 0 Å². The summed E-state index contributed by atoms with van der Waals surface area (Å²) in [5.74, 6) is -0.308. The molecule has 0 aliphatic heterocycles. The van der Waals surface area contributed by atoms with Crippen LogP contribution < -0.4 is 14.8 Å². The molecule has 0 spiro atoms. The van der Waals surface area contributed by atoms with E-state index in [2.05, 4.69) is 5.32 Å². The second kappa shape index (κ2) is 10.1. The highest BCUT2D eigenvalue weighted by Crippen LogP contribution is 2.37. The molecular formula is C18H26ClNO5. The molecule has 0 aliphatic rings. The highest BCUT2D eigenvalue weighted by atomic mass is 35.5. The zero-order valence-corrected chi connectivity index (χ0v) is 16.1. The van der Waals surface area contributed by atoms with Crippen molar-refractivity contribution >= 4 is 23.5 Å². The molecule has 7 heteroatoms. The number of carbonyl (C=O) groups is 2. The van der Waals surface area contributed by atoms with Gasteiger partial charge in [-0.25, -0.2) is 4.79 Å². The van der Waals surface area contributed by atoms with Crippen LogP contribution in [0.5, 0.6) is 11.5 Å². The molecule has 0 bridgehead atoms. The van der Waals surface area contributed by atoms with Gasteiger partial charge in [-0.2, -0.15) is 0 Å². The molecule has 1 amide bonds. The number of carbonyl (C=O) groups excluding carboxylic acids is 2. The van der Waals surface area contributed by atoms with E-state index in [1.54, 1.807) is 0 Å². The van der Waals surface area contributed by atoms with Gasteiger partial charge in [-0.1, -0.05) is 24.9 Å². The van der Waals surface area contributed by atoms with E-state index in [0.717, 1.165) is 12.8 Å². The van der Waals surface area contributed by atoms with Crippen LogP contribution in [0.2, 0.25) is 5.02 Å². The molecule has 1 aromatic rings. The minimum absolute atomic E-state index is 0.0400. The van der Waals surface area contributed by atoms with Crippen LogP contribution in [-0.2, 0) is 9.53 Å². The van der Waals surface area contributed by atoms with Crippen molar-refractivity contribution in [3.63, 3.8) is 0 Å². The third-order valence-electron chi connectivity index (χ3n) is 3.28. The molecule has 0 saturated heterocycles. The Morgan fingerprint density at radius 2 is 1.92 bits per heavy atom. The van der Waals surface area contributed by atoms with Crippen LogP contribution in [0, 0.1) is 0 Å². The maximum absolute atomic E-state index is 12.2. The first-order chi connectivity index (χ1) is 11.8. The van der Waals surface area contributed by atoms with Gasteiger partial charge in [0.1, 0.15) is 0 Å². The monoisotopic (exact) mass is 371 g/mol. The molecule has 1 atom stereocenters. The summed E-state index contributed by atoms with van der Waals surface area (Å²) in [5.41, 5.74) is 0.187. The molecule has 140 valence electrons. The number of nitrogens with one attached hydrogen (secondary N) is 1. The lowest BCUT2D eigenvalue weighted by molar-refractivity contribution is -0.124. The molecule has 0 saturated carbocycles. The summed E-state index contributed by atoms with van der Waals surface area (Å²) in [6.45, 7) is 7.30. The average Bonchev–Trinajstić information content (AvgIpc) is 2.54. The van der Waals surface area contributed by atoms with E-state index >= 15 is 0 Å². The van der Waals surface area contributed by atoms with Gasteiger partial charge in [-0.15, -0.1) is 0 Å². The second-order valence-electron chi connectivity index (χ2n) is 5.99. The van der Waals surface area contributed by atoms with Gasteiger partial charge in [0, 0.05) is 6.04 Å². The molecule has 0 heterocycles. The van der Waals surface area contributed by atoms with E-state index in [-0.39, 0.29) is 35.2 Å². The number of esters is 1. The summed E-state index contributed by atoms with van der Waals surface area (Å²) in [6.07, 6.45) is 1.73. The summed E-state index contributed by atoms with van der Waals surface area (Å²) in [5, 5.41) is 3.00. The molecule has 25 heavy (non-hydrogen) atoms. The van der Waals surface area contributed by atoms with E-state index in [0.29, 0.717) is 11.5 Å². The molecule has 0 fully saturated rings. The Balaban J connectivity index is 2.75. The van der Waals surface area contributed by atoms with Gasteiger partial charge in [0.25, 0.3) is 5.91 Å². The van der Waals surface area contributed by atoms with Gasteiger partial charge in [0.2, 0.25) is 0 Å². The van der Waals surface area contributed by atoms with Crippen LogP contribution in [0.3, 0.4) is 0 Å². The first-order valence-electron chi connectivity index (χ1n) is 8.29. The molecule has 6 nitrogen and oxygen atoms in total. The van der Waals surface area contributed by atoms with Gasteiger partial charge in [0.15, 0.2) is 18.1 Å². The molecule has 1 rings (SSSR count). The smallest absolute Gasteiger partial charge is 0.338 e. The first-order valence-corrected chi connectivity index (χ1v) is 8.66. The second-order valence-corrected chi connectivity index (χ2v) is 6.40. The van der Waals surface area contributed by atoms with Gasteiger partial charge in [0.05, 0.1) is 23.8 Å².